The number of amides is 2. The van der Waals surface area contributed by atoms with Gasteiger partial charge in [0.2, 0.25) is 5.88 Å². The zero-order valence-corrected chi connectivity index (χ0v) is 14.5. The second kappa shape index (κ2) is 7.58. The van der Waals surface area contributed by atoms with Gasteiger partial charge in [-0.1, -0.05) is 0 Å². The zero-order chi connectivity index (χ0) is 17.1. The van der Waals surface area contributed by atoms with Gasteiger partial charge in [0.05, 0.1) is 25.9 Å². The second-order valence-corrected chi connectivity index (χ2v) is 7.13. The van der Waals surface area contributed by atoms with Crippen LogP contribution in [0.25, 0.3) is 0 Å². The number of ether oxygens (including phenoxy) is 2. The van der Waals surface area contributed by atoms with E-state index in [1.807, 2.05) is 17.0 Å². The molecule has 1 aliphatic carbocycles. The number of nitrogens with one attached hydrogen (secondary N) is 1. The molecule has 3 aliphatic rings. The number of urea groups is 1. The van der Waals surface area contributed by atoms with Crippen molar-refractivity contribution in [1.29, 1.82) is 0 Å². The SMILES string of the molecule is O=C(NCc1ccnc(OCC2CC2)c1)N1CCN2CCOC[C@@H]2C1. The third-order valence-electron chi connectivity index (χ3n) is 5.13. The number of fused-ring (bicyclic) bond motifs is 1. The van der Waals surface area contributed by atoms with Gasteiger partial charge >= 0.3 is 6.03 Å². The van der Waals surface area contributed by atoms with Gasteiger partial charge < -0.3 is 19.7 Å². The highest BCUT2D eigenvalue weighted by atomic mass is 16.5. The van der Waals surface area contributed by atoms with Gasteiger partial charge in [-0.15, -0.1) is 0 Å². The summed E-state index contributed by atoms with van der Waals surface area (Å²) in [6, 6.07) is 4.14. The minimum absolute atomic E-state index is 0.0116. The highest BCUT2D eigenvalue weighted by Gasteiger charge is 2.31. The molecule has 136 valence electrons. The number of pyridine rings is 1. The van der Waals surface area contributed by atoms with E-state index in [0.29, 0.717) is 24.4 Å². The average Bonchev–Trinajstić information content (AvgIpc) is 3.49. The van der Waals surface area contributed by atoms with Gasteiger partial charge in [0.15, 0.2) is 0 Å². The summed E-state index contributed by atoms with van der Waals surface area (Å²) in [6.45, 7) is 6.16. The predicted octanol–water partition coefficient (Wildman–Crippen LogP) is 1.10. The van der Waals surface area contributed by atoms with Crippen LogP contribution in [0.5, 0.6) is 5.88 Å². The molecule has 1 aromatic heterocycles. The van der Waals surface area contributed by atoms with Crippen LogP contribution in [0.4, 0.5) is 4.79 Å². The molecule has 0 radical (unpaired) electrons. The molecule has 7 nitrogen and oxygen atoms in total. The van der Waals surface area contributed by atoms with E-state index in [9.17, 15) is 4.79 Å². The number of hydrogen-bond acceptors (Lipinski definition) is 5. The highest BCUT2D eigenvalue weighted by molar-refractivity contribution is 5.74. The molecule has 4 rings (SSSR count). The number of carbonyl (C=O) groups is 1. The Morgan fingerprint density at radius 2 is 2.28 bits per heavy atom. The van der Waals surface area contributed by atoms with Gasteiger partial charge in [-0.2, -0.15) is 0 Å². The van der Waals surface area contributed by atoms with Crippen molar-refractivity contribution in [1.82, 2.24) is 20.1 Å². The summed E-state index contributed by atoms with van der Waals surface area (Å²) < 4.78 is 11.2. The van der Waals surface area contributed by atoms with Crippen molar-refractivity contribution >= 4 is 6.03 Å². The van der Waals surface area contributed by atoms with Crippen molar-refractivity contribution in [2.75, 3.05) is 46.0 Å². The van der Waals surface area contributed by atoms with Gasteiger partial charge in [0.1, 0.15) is 0 Å². The molecule has 25 heavy (non-hydrogen) atoms. The Morgan fingerprint density at radius 3 is 3.16 bits per heavy atom. The zero-order valence-electron chi connectivity index (χ0n) is 14.5. The molecule has 1 saturated carbocycles. The van der Waals surface area contributed by atoms with E-state index >= 15 is 0 Å². The Kier molecular flexibility index (Phi) is 5.03. The maximum absolute atomic E-state index is 12.5. The summed E-state index contributed by atoms with van der Waals surface area (Å²) in [5.41, 5.74) is 1.01. The van der Waals surface area contributed by atoms with Gasteiger partial charge in [0, 0.05) is 45.0 Å². The molecule has 0 spiro atoms. The lowest BCUT2D eigenvalue weighted by atomic mass is 10.1. The molecule has 0 unspecified atom stereocenters. The van der Waals surface area contributed by atoms with E-state index in [1.54, 1.807) is 6.20 Å². The summed E-state index contributed by atoms with van der Waals surface area (Å²) >= 11 is 0. The fourth-order valence-corrected chi connectivity index (χ4v) is 3.35. The van der Waals surface area contributed by atoms with Crippen LogP contribution in [0, 0.1) is 5.92 Å². The first kappa shape index (κ1) is 16.6. The van der Waals surface area contributed by atoms with E-state index < -0.39 is 0 Å². The van der Waals surface area contributed by atoms with Gasteiger partial charge in [-0.05, 0) is 30.4 Å². The van der Waals surface area contributed by atoms with Gasteiger partial charge in [-0.25, -0.2) is 9.78 Å². The number of aromatic nitrogens is 1. The highest BCUT2D eigenvalue weighted by Crippen LogP contribution is 2.29. The van der Waals surface area contributed by atoms with Crippen molar-refractivity contribution in [2.24, 2.45) is 5.92 Å². The summed E-state index contributed by atoms with van der Waals surface area (Å²) in [4.78, 5) is 21.0. The first-order valence-electron chi connectivity index (χ1n) is 9.20. The van der Waals surface area contributed by atoms with Crippen molar-refractivity contribution in [3.05, 3.63) is 23.9 Å². The van der Waals surface area contributed by atoms with Crippen LogP contribution in [0.2, 0.25) is 0 Å². The smallest absolute Gasteiger partial charge is 0.317 e. The number of piperazine rings is 1. The molecular formula is C18H26N4O3. The molecule has 2 amide bonds. The number of nitrogens with zero attached hydrogens (tertiary/aromatic N) is 3. The van der Waals surface area contributed by atoms with Crippen LogP contribution in [0.1, 0.15) is 18.4 Å². The van der Waals surface area contributed by atoms with Crippen LogP contribution in [-0.4, -0.2) is 72.9 Å². The van der Waals surface area contributed by atoms with E-state index in [4.69, 9.17) is 9.47 Å². The van der Waals surface area contributed by atoms with E-state index in [0.717, 1.165) is 51.6 Å². The van der Waals surface area contributed by atoms with Gasteiger partial charge in [-0.3, -0.25) is 4.90 Å². The molecule has 3 heterocycles. The Hall–Kier alpha value is -1.86. The van der Waals surface area contributed by atoms with E-state index in [1.165, 1.54) is 12.8 Å². The molecule has 0 bridgehead atoms. The number of morpholine rings is 1. The summed E-state index contributed by atoms with van der Waals surface area (Å²) in [5, 5.41) is 3.01. The topological polar surface area (TPSA) is 66.9 Å². The monoisotopic (exact) mass is 346 g/mol. The Morgan fingerprint density at radius 1 is 1.36 bits per heavy atom. The summed E-state index contributed by atoms with van der Waals surface area (Å²) in [7, 11) is 0. The fraction of sp³-hybridized carbons (Fsp3) is 0.667. The fourth-order valence-electron chi connectivity index (χ4n) is 3.35. The van der Waals surface area contributed by atoms with Crippen molar-refractivity contribution in [2.45, 2.75) is 25.4 Å². The normalized spacial score (nSPS) is 23.8. The summed E-state index contributed by atoms with van der Waals surface area (Å²) in [5.74, 6) is 1.35. The minimum atomic E-state index is -0.0116. The largest absolute Gasteiger partial charge is 0.477 e. The minimum Gasteiger partial charge on any atom is -0.477 e. The molecular weight excluding hydrogens is 320 g/mol. The molecule has 3 fully saturated rings. The van der Waals surface area contributed by atoms with Crippen molar-refractivity contribution in [3.8, 4) is 5.88 Å². The first-order valence-corrected chi connectivity index (χ1v) is 9.20. The van der Waals surface area contributed by atoms with E-state index in [2.05, 4.69) is 15.2 Å². The standard InChI is InChI=1S/C18H26N4O3/c23-18(22-6-5-21-7-8-24-13-16(21)11-22)20-10-15-3-4-19-17(9-15)25-12-14-1-2-14/h3-4,9,14,16H,1-2,5-8,10-13H2,(H,20,23)/t16-/m0/s1. The lowest BCUT2D eigenvalue weighted by Gasteiger charge is -2.43. The molecule has 7 heteroatoms. The van der Waals surface area contributed by atoms with Crippen LogP contribution in [0.15, 0.2) is 18.3 Å². The maximum Gasteiger partial charge on any atom is 0.317 e. The Labute approximate surface area is 148 Å². The van der Waals surface area contributed by atoms with E-state index in [-0.39, 0.29) is 6.03 Å². The van der Waals surface area contributed by atoms with Crippen LogP contribution < -0.4 is 10.1 Å². The molecule has 1 aromatic rings. The number of carbonyl (C=O) groups excluding carboxylic acids is 1. The molecule has 2 aliphatic heterocycles. The molecule has 0 aromatic carbocycles. The number of hydrogen-bond donors (Lipinski definition) is 1. The third-order valence-corrected chi connectivity index (χ3v) is 5.13. The lowest BCUT2D eigenvalue weighted by molar-refractivity contribution is -0.0365. The molecule has 1 atom stereocenters. The Bertz CT molecular complexity index is 608. The maximum atomic E-state index is 12.5. The predicted molar refractivity (Wildman–Crippen MR) is 92.4 cm³/mol. The average molecular weight is 346 g/mol. The Balaban J connectivity index is 1.26. The van der Waals surface area contributed by atoms with Gasteiger partial charge in [0.25, 0.3) is 0 Å². The van der Waals surface area contributed by atoms with Crippen molar-refractivity contribution < 1.29 is 14.3 Å². The first-order chi connectivity index (χ1) is 12.3. The van der Waals surface area contributed by atoms with Crippen molar-refractivity contribution in [3.63, 3.8) is 0 Å². The van der Waals surface area contributed by atoms with Crippen LogP contribution in [-0.2, 0) is 11.3 Å². The molecule has 2 saturated heterocycles. The lowest BCUT2D eigenvalue weighted by Crippen LogP contribution is -2.60. The number of rotatable bonds is 5. The summed E-state index contributed by atoms with van der Waals surface area (Å²) in [6.07, 6.45) is 4.26. The van der Waals surface area contributed by atoms with Crippen LogP contribution >= 0.6 is 0 Å². The third kappa shape index (κ3) is 4.41. The second-order valence-electron chi connectivity index (χ2n) is 7.13. The molecule has 1 N–H and O–H groups in total. The van der Waals surface area contributed by atoms with Crippen LogP contribution in [0.3, 0.4) is 0 Å². The quantitative estimate of drug-likeness (QED) is 0.865.